The predicted octanol–water partition coefficient (Wildman–Crippen LogP) is 0.717. The summed E-state index contributed by atoms with van der Waals surface area (Å²) in [7, 11) is 1.51. The lowest BCUT2D eigenvalue weighted by atomic mass is 10.2. The van der Waals surface area contributed by atoms with Crippen molar-refractivity contribution < 1.29 is 14.3 Å². The number of carbonyl (C=O) groups excluding carboxylic acids is 2. The quantitative estimate of drug-likeness (QED) is 0.656. The maximum Gasteiger partial charge on any atom is 0.284 e. The second kappa shape index (κ2) is 3.91. The van der Waals surface area contributed by atoms with Crippen molar-refractivity contribution in [1.82, 2.24) is 4.90 Å². The van der Waals surface area contributed by atoms with E-state index in [0.29, 0.717) is 5.75 Å². The third-order valence-electron chi connectivity index (χ3n) is 1.71. The van der Waals surface area contributed by atoms with Gasteiger partial charge in [0.05, 0.1) is 0 Å². The Hall–Kier alpha value is -0.550. The molecular formula is C7H11NO3S. The number of thioether (sulfide) groups is 1. The van der Waals surface area contributed by atoms with Crippen LogP contribution in [0.5, 0.6) is 0 Å². The molecule has 0 aromatic carbocycles. The Labute approximate surface area is 75.2 Å². The molecule has 4 nitrogen and oxygen atoms in total. The molecule has 1 amide bonds. The molecule has 1 saturated heterocycles. The lowest BCUT2D eigenvalue weighted by molar-refractivity contribution is -0.121. The summed E-state index contributed by atoms with van der Waals surface area (Å²) in [4.78, 5) is 23.6. The van der Waals surface area contributed by atoms with Crippen LogP contribution in [0.4, 0.5) is 4.79 Å². The predicted molar refractivity (Wildman–Crippen MR) is 46.0 cm³/mol. The first-order chi connectivity index (χ1) is 5.66. The highest BCUT2D eigenvalue weighted by Crippen LogP contribution is 2.23. The van der Waals surface area contributed by atoms with Crippen LogP contribution in [-0.2, 0) is 9.53 Å². The van der Waals surface area contributed by atoms with Gasteiger partial charge < -0.3 is 4.74 Å². The van der Waals surface area contributed by atoms with E-state index in [1.54, 1.807) is 0 Å². The zero-order valence-corrected chi connectivity index (χ0v) is 7.89. The third kappa shape index (κ3) is 1.78. The molecule has 1 rings (SSSR count). The lowest BCUT2D eigenvalue weighted by Crippen LogP contribution is -2.39. The van der Waals surface area contributed by atoms with Crippen LogP contribution in [0.2, 0.25) is 0 Å². The van der Waals surface area contributed by atoms with Crippen molar-refractivity contribution in [2.75, 3.05) is 19.6 Å². The SMILES string of the molecule is COCN1C(=O)SC[C@H]1C(C)=O. The zero-order valence-electron chi connectivity index (χ0n) is 7.07. The van der Waals surface area contributed by atoms with E-state index in [0.717, 1.165) is 0 Å². The Bertz CT molecular complexity index is 207. The Kier molecular flexibility index (Phi) is 3.11. The highest BCUT2D eigenvalue weighted by atomic mass is 32.2. The van der Waals surface area contributed by atoms with Crippen LogP contribution in [0.3, 0.4) is 0 Å². The van der Waals surface area contributed by atoms with Crippen molar-refractivity contribution in [3.8, 4) is 0 Å². The van der Waals surface area contributed by atoms with Gasteiger partial charge in [-0.1, -0.05) is 11.8 Å². The van der Waals surface area contributed by atoms with Crippen LogP contribution in [0, 0.1) is 0 Å². The number of hydrogen-bond donors (Lipinski definition) is 0. The summed E-state index contributed by atoms with van der Waals surface area (Å²) in [6, 6.07) is -0.289. The van der Waals surface area contributed by atoms with Crippen LogP contribution >= 0.6 is 11.8 Å². The number of rotatable bonds is 3. The minimum absolute atomic E-state index is 0.0189. The fourth-order valence-electron chi connectivity index (χ4n) is 1.07. The van der Waals surface area contributed by atoms with Crippen molar-refractivity contribution in [2.45, 2.75) is 13.0 Å². The summed E-state index contributed by atoms with van der Waals surface area (Å²) in [5.74, 6) is 0.572. The first kappa shape index (κ1) is 9.54. The smallest absolute Gasteiger partial charge is 0.284 e. The Morgan fingerprint density at radius 3 is 3.00 bits per heavy atom. The Morgan fingerprint density at radius 2 is 2.50 bits per heavy atom. The maximum absolute atomic E-state index is 11.1. The summed E-state index contributed by atoms with van der Waals surface area (Å²) in [5.41, 5.74) is 0. The number of ketones is 1. The summed E-state index contributed by atoms with van der Waals surface area (Å²) < 4.78 is 4.82. The van der Waals surface area contributed by atoms with E-state index in [1.807, 2.05) is 0 Å². The van der Waals surface area contributed by atoms with Gasteiger partial charge in [-0.3, -0.25) is 14.5 Å². The van der Waals surface area contributed by atoms with Crippen molar-refractivity contribution in [3.05, 3.63) is 0 Å². The van der Waals surface area contributed by atoms with Gasteiger partial charge in [0, 0.05) is 12.9 Å². The molecule has 5 heteroatoms. The second-order valence-electron chi connectivity index (χ2n) is 2.59. The fourth-order valence-corrected chi connectivity index (χ4v) is 2.13. The highest BCUT2D eigenvalue weighted by molar-refractivity contribution is 8.13. The van der Waals surface area contributed by atoms with Crippen LogP contribution in [0.15, 0.2) is 0 Å². The van der Waals surface area contributed by atoms with Crippen molar-refractivity contribution >= 4 is 22.8 Å². The summed E-state index contributed by atoms with van der Waals surface area (Å²) in [6.45, 7) is 1.70. The number of ether oxygens (including phenoxy) is 1. The average Bonchev–Trinajstić information content (AvgIpc) is 2.34. The largest absolute Gasteiger partial charge is 0.364 e. The molecular weight excluding hydrogens is 178 g/mol. The average molecular weight is 189 g/mol. The van der Waals surface area contributed by atoms with E-state index >= 15 is 0 Å². The first-order valence-electron chi connectivity index (χ1n) is 3.59. The topological polar surface area (TPSA) is 46.6 Å². The Morgan fingerprint density at radius 1 is 1.83 bits per heavy atom. The molecule has 0 N–H and O–H groups in total. The van der Waals surface area contributed by atoms with E-state index in [2.05, 4.69) is 0 Å². The zero-order chi connectivity index (χ0) is 9.14. The van der Waals surface area contributed by atoms with Crippen LogP contribution in [0.1, 0.15) is 6.92 Å². The van der Waals surface area contributed by atoms with Crippen LogP contribution in [-0.4, -0.2) is 41.6 Å². The number of Topliss-reactive ketones (excluding diaryl/α,β-unsaturated/α-hetero) is 1. The molecule has 0 radical (unpaired) electrons. The first-order valence-corrected chi connectivity index (χ1v) is 4.58. The lowest BCUT2D eigenvalue weighted by Gasteiger charge is -2.19. The molecule has 1 atom stereocenters. The summed E-state index contributed by atoms with van der Waals surface area (Å²) in [5, 5.41) is -0.0722. The highest BCUT2D eigenvalue weighted by Gasteiger charge is 2.34. The number of amides is 1. The molecule has 1 heterocycles. The van der Waals surface area contributed by atoms with Crippen LogP contribution < -0.4 is 0 Å². The molecule has 0 aliphatic carbocycles. The fraction of sp³-hybridized carbons (Fsp3) is 0.714. The summed E-state index contributed by atoms with van der Waals surface area (Å²) >= 11 is 1.17. The summed E-state index contributed by atoms with van der Waals surface area (Å²) in [6.07, 6.45) is 0. The van der Waals surface area contributed by atoms with Crippen LogP contribution in [0.25, 0.3) is 0 Å². The molecule has 0 spiro atoms. The number of methoxy groups -OCH3 is 1. The molecule has 1 fully saturated rings. The Balaban J connectivity index is 2.63. The molecule has 0 aromatic heterocycles. The van der Waals surface area contributed by atoms with Gasteiger partial charge in [0.1, 0.15) is 12.8 Å². The van der Waals surface area contributed by atoms with Gasteiger partial charge >= 0.3 is 0 Å². The molecule has 0 aromatic rings. The monoisotopic (exact) mass is 189 g/mol. The van der Waals surface area contributed by atoms with Gasteiger partial charge in [-0.05, 0) is 6.92 Å². The third-order valence-corrected chi connectivity index (χ3v) is 2.68. The molecule has 68 valence electrons. The van der Waals surface area contributed by atoms with E-state index in [4.69, 9.17) is 4.74 Å². The molecule has 1 aliphatic heterocycles. The minimum atomic E-state index is -0.289. The molecule has 0 bridgehead atoms. The van der Waals surface area contributed by atoms with Gasteiger partial charge in [-0.25, -0.2) is 0 Å². The van der Waals surface area contributed by atoms with Gasteiger partial charge in [0.2, 0.25) is 0 Å². The molecule has 12 heavy (non-hydrogen) atoms. The van der Waals surface area contributed by atoms with Crippen molar-refractivity contribution in [2.24, 2.45) is 0 Å². The van der Waals surface area contributed by atoms with E-state index in [1.165, 1.54) is 30.7 Å². The number of carbonyl (C=O) groups is 2. The second-order valence-corrected chi connectivity index (χ2v) is 3.56. The maximum atomic E-state index is 11.1. The molecule has 1 aliphatic rings. The van der Waals surface area contributed by atoms with Gasteiger partial charge in [0.25, 0.3) is 5.24 Å². The minimum Gasteiger partial charge on any atom is -0.364 e. The standard InChI is InChI=1S/C7H11NO3S/c1-5(9)6-3-12-7(10)8(6)4-11-2/h6H,3-4H2,1-2H3/t6-/m0/s1. The van der Waals surface area contributed by atoms with Gasteiger partial charge in [-0.2, -0.15) is 0 Å². The van der Waals surface area contributed by atoms with E-state index in [9.17, 15) is 9.59 Å². The van der Waals surface area contributed by atoms with Gasteiger partial charge in [-0.15, -0.1) is 0 Å². The normalized spacial score (nSPS) is 23.3. The van der Waals surface area contributed by atoms with E-state index < -0.39 is 0 Å². The number of hydrogen-bond acceptors (Lipinski definition) is 4. The van der Waals surface area contributed by atoms with Crippen molar-refractivity contribution in [3.63, 3.8) is 0 Å². The molecule has 0 saturated carbocycles. The molecule has 0 unspecified atom stereocenters. The van der Waals surface area contributed by atoms with Crippen molar-refractivity contribution in [1.29, 1.82) is 0 Å². The van der Waals surface area contributed by atoms with E-state index in [-0.39, 0.29) is 23.8 Å². The van der Waals surface area contributed by atoms with Gasteiger partial charge in [0.15, 0.2) is 5.78 Å². The number of nitrogens with zero attached hydrogens (tertiary/aromatic N) is 1.